The molecule has 3 aromatic carbocycles. The number of sulfonamides is 1. The number of anilines is 1. The van der Waals surface area contributed by atoms with Crippen LogP contribution in [-0.2, 0) is 26.2 Å². The van der Waals surface area contributed by atoms with Crippen LogP contribution in [0.4, 0.5) is 5.69 Å². The first-order valence-corrected chi connectivity index (χ1v) is 13.9. The number of ether oxygens (including phenoxy) is 1. The van der Waals surface area contributed by atoms with E-state index in [0.717, 1.165) is 14.3 Å². The van der Waals surface area contributed by atoms with Crippen molar-refractivity contribution >= 4 is 55.1 Å². The predicted molar refractivity (Wildman–Crippen MR) is 147 cm³/mol. The third-order valence-corrected chi connectivity index (χ3v) is 8.29. The van der Waals surface area contributed by atoms with Gasteiger partial charge in [0.25, 0.3) is 10.0 Å². The third-order valence-electron chi connectivity index (χ3n) is 5.72. The molecule has 0 aliphatic rings. The lowest BCUT2D eigenvalue weighted by Gasteiger charge is -2.31. The van der Waals surface area contributed by atoms with Gasteiger partial charge >= 0.3 is 0 Å². The highest BCUT2D eigenvalue weighted by Gasteiger charge is 2.32. The van der Waals surface area contributed by atoms with E-state index in [9.17, 15) is 18.0 Å². The number of carbonyl (C=O) groups excluding carboxylic acids is 2. The van der Waals surface area contributed by atoms with Gasteiger partial charge in [0, 0.05) is 23.1 Å². The molecule has 0 bridgehead atoms. The number of carbonyl (C=O) groups is 2. The first-order valence-electron chi connectivity index (χ1n) is 11.2. The van der Waals surface area contributed by atoms with Gasteiger partial charge in [0.1, 0.15) is 18.3 Å². The average molecular weight is 609 g/mol. The van der Waals surface area contributed by atoms with Crippen molar-refractivity contribution in [2.75, 3.05) is 25.0 Å². The van der Waals surface area contributed by atoms with Gasteiger partial charge < -0.3 is 15.0 Å². The Kier molecular flexibility index (Phi) is 9.58. The zero-order valence-corrected chi connectivity index (χ0v) is 23.7. The van der Waals surface area contributed by atoms with Crippen molar-refractivity contribution in [2.24, 2.45) is 0 Å². The highest BCUT2D eigenvalue weighted by molar-refractivity contribution is 9.10. The summed E-state index contributed by atoms with van der Waals surface area (Å²) in [5.41, 5.74) is 1.04. The molecule has 0 aromatic heterocycles. The van der Waals surface area contributed by atoms with E-state index >= 15 is 0 Å². The first kappa shape index (κ1) is 28.5. The van der Waals surface area contributed by atoms with E-state index < -0.39 is 28.5 Å². The largest absolute Gasteiger partial charge is 0.497 e. The van der Waals surface area contributed by atoms with Crippen LogP contribution < -0.4 is 14.4 Å². The second-order valence-electron chi connectivity index (χ2n) is 8.10. The van der Waals surface area contributed by atoms with Gasteiger partial charge in [-0.15, -0.1) is 0 Å². The molecule has 0 fully saturated rings. The van der Waals surface area contributed by atoms with Crippen molar-refractivity contribution in [3.05, 3.63) is 87.9 Å². The van der Waals surface area contributed by atoms with Crippen molar-refractivity contribution in [1.82, 2.24) is 10.2 Å². The van der Waals surface area contributed by atoms with Gasteiger partial charge in [-0.25, -0.2) is 8.42 Å². The number of benzene rings is 3. The molecule has 2 amide bonds. The number of hydrogen-bond donors (Lipinski definition) is 1. The number of amides is 2. The molecule has 8 nitrogen and oxygen atoms in total. The Hall–Kier alpha value is -3.08. The Morgan fingerprint density at radius 2 is 1.59 bits per heavy atom. The Labute approximate surface area is 230 Å². The average Bonchev–Trinajstić information content (AvgIpc) is 2.91. The fraction of sp³-hybridized carbons (Fsp3) is 0.231. The van der Waals surface area contributed by atoms with Crippen molar-refractivity contribution in [3.63, 3.8) is 0 Å². The number of hydrogen-bond acceptors (Lipinski definition) is 5. The van der Waals surface area contributed by atoms with Gasteiger partial charge in [-0.1, -0.05) is 39.7 Å². The summed E-state index contributed by atoms with van der Waals surface area (Å²) in [6.45, 7) is 1.17. The molecule has 1 N–H and O–H groups in total. The molecule has 0 heterocycles. The summed E-state index contributed by atoms with van der Waals surface area (Å²) in [7, 11) is -1.21. The van der Waals surface area contributed by atoms with Crippen LogP contribution in [0.15, 0.2) is 82.2 Å². The van der Waals surface area contributed by atoms with Crippen molar-refractivity contribution in [1.29, 1.82) is 0 Å². The summed E-state index contributed by atoms with van der Waals surface area (Å²) in [6.07, 6.45) is 0. The maximum Gasteiger partial charge on any atom is 0.264 e. The molecule has 11 heteroatoms. The lowest BCUT2D eigenvalue weighted by Crippen LogP contribution is -2.50. The zero-order chi connectivity index (χ0) is 27.2. The zero-order valence-electron chi connectivity index (χ0n) is 20.5. The van der Waals surface area contributed by atoms with Crippen LogP contribution in [0.3, 0.4) is 0 Å². The maximum atomic E-state index is 13.7. The number of likely N-dealkylation sites (N-methyl/N-ethyl adjacent to an activating group) is 1. The van der Waals surface area contributed by atoms with Crippen LogP contribution in [0.1, 0.15) is 12.5 Å². The highest BCUT2D eigenvalue weighted by atomic mass is 79.9. The molecule has 0 radical (unpaired) electrons. The number of methoxy groups -OCH3 is 1. The smallest absolute Gasteiger partial charge is 0.264 e. The van der Waals surface area contributed by atoms with E-state index in [2.05, 4.69) is 21.2 Å². The fourth-order valence-corrected chi connectivity index (χ4v) is 5.39. The minimum Gasteiger partial charge on any atom is -0.497 e. The van der Waals surface area contributed by atoms with Crippen LogP contribution in [0, 0.1) is 0 Å². The van der Waals surface area contributed by atoms with Crippen LogP contribution in [0.25, 0.3) is 0 Å². The fourth-order valence-electron chi connectivity index (χ4n) is 3.59. The second-order valence-corrected chi connectivity index (χ2v) is 11.3. The molecule has 3 aromatic rings. The quantitative estimate of drug-likeness (QED) is 0.367. The predicted octanol–water partition coefficient (Wildman–Crippen LogP) is 4.47. The molecule has 37 heavy (non-hydrogen) atoms. The molecule has 0 spiro atoms. The summed E-state index contributed by atoms with van der Waals surface area (Å²) < 4.78 is 34.5. The molecular formula is C26H27BrClN3O5S. The van der Waals surface area contributed by atoms with Crippen molar-refractivity contribution < 1.29 is 22.7 Å². The lowest BCUT2D eigenvalue weighted by atomic mass is 10.1. The molecule has 1 atom stereocenters. The Balaban J connectivity index is 2.01. The van der Waals surface area contributed by atoms with E-state index in [-0.39, 0.29) is 23.0 Å². The minimum atomic E-state index is -4.17. The maximum absolute atomic E-state index is 13.7. The molecule has 0 saturated heterocycles. The molecule has 0 unspecified atom stereocenters. The summed E-state index contributed by atoms with van der Waals surface area (Å²) in [5.74, 6) is -0.430. The van der Waals surface area contributed by atoms with E-state index in [1.807, 2.05) is 24.3 Å². The van der Waals surface area contributed by atoms with E-state index in [1.54, 1.807) is 19.1 Å². The van der Waals surface area contributed by atoms with E-state index in [4.69, 9.17) is 16.3 Å². The summed E-state index contributed by atoms with van der Waals surface area (Å²) in [5, 5.41) is 2.97. The van der Waals surface area contributed by atoms with Gasteiger partial charge in [-0.2, -0.15) is 0 Å². The van der Waals surface area contributed by atoms with Gasteiger partial charge in [-0.3, -0.25) is 13.9 Å². The number of halogens is 2. The first-order chi connectivity index (χ1) is 17.6. The summed E-state index contributed by atoms with van der Waals surface area (Å²) >= 11 is 9.41. The number of rotatable bonds is 10. The highest BCUT2D eigenvalue weighted by Crippen LogP contribution is 2.27. The Morgan fingerprint density at radius 1 is 1.00 bits per heavy atom. The lowest BCUT2D eigenvalue weighted by molar-refractivity contribution is -0.139. The van der Waals surface area contributed by atoms with Crippen LogP contribution in [-0.4, -0.2) is 51.9 Å². The van der Waals surface area contributed by atoms with Crippen LogP contribution in [0.2, 0.25) is 5.02 Å². The molecule has 0 aliphatic heterocycles. The second kappa shape index (κ2) is 12.4. The van der Waals surface area contributed by atoms with Crippen LogP contribution >= 0.6 is 27.5 Å². The SMILES string of the molecule is CNC(=O)[C@H](C)N(Cc1ccc(Br)cc1)C(=O)CN(c1ccc(Cl)cc1)S(=O)(=O)c1ccc(OC)cc1. The molecule has 0 aliphatic carbocycles. The Morgan fingerprint density at radius 3 is 2.14 bits per heavy atom. The van der Waals surface area contributed by atoms with Crippen LogP contribution in [0.5, 0.6) is 5.75 Å². The number of nitrogens with one attached hydrogen (secondary N) is 1. The van der Waals surface area contributed by atoms with Crippen molar-refractivity contribution in [3.8, 4) is 5.75 Å². The summed E-state index contributed by atoms with van der Waals surface area (Å²) in [6, 6.07) is 18.5. The van der Waals surface area contributed by atoms with Gasteiger partial charge in [0.05, 0.1) is 17.7 Å². The molecular weight excluding hydrogens is 582 g/mol. The standard InChI is InChI=1S/C26H27BrClN3O5S/c1-18(26(33)29-2)30(16-19-4-6-20(27)7-5-19)25(32)17-31(22-10-8-21(28)9-11-22)37(34,35)24-14-12-23(36-3)13-15-24/h4-15,18H,16-17H2,1-3H3,(H,29,33)/t18-/m0/s1. The summed E-state index contributed by atoms with van der Waals surface area (Å²) in [4.78, 5) is 27.5. The van der Waals surface area contributed by atoms with Gasteiger partial charge in [-0.05, 0) is 73.2 Å². The van der Waals surface area contributed by atoms with Crippen molar-refractivity contribution in [2.45, 2.75) is 24.4 Å². The third kappa shape index (κ3) is 7.03. The molecule has 3 rings (SSSR count). The minimum absolute atomic E-state index is 0.0186. The normalized spacial score (nSPS) is 11.9. The van der Waals surface area contributed by atoms with E-state index in [0.29, 0.717) is 10.8 Å². The Bertz CT molecular complexity index is 1330. The van der Waals surface area contributed by atoms with Gasteiger partial charge in [0.15, 0.2) is 0 Å². The monoisotopic (exact) mass is 607 g/mol. The molecule has 0 saturated carbocycles. The topological polar surface area (TPSA) is 96.0 Å². The van der Waals surface area contributed by atoms with E-state index in [1.165, 1.54) is 55.5 Å². The number of nitrogens with zero attached hydrogens (tertiary/aromatic N) is 2. The molecule has 196 valence electrons. The van der Waals surface area contributed by atoms with Gasteiger partial charge in [0.2, 0.25) is 11.8 Å².